The zero-order valence-corrected chi connectivity index (χ0v) is 14.1. The van der Waals surface area contributed by atoms with Crippen LogP contribution in [0.3, 0.4) is 0 Å². The lowest BCUT2D eigenvalue weighted by molar-refractivity contribution is -0.139. The molecular formula is C16H16BrNO5. The summed E-state index contributed by atoms with van der Waals surface area (Å²) in [6.45, 7) is 2.81. The van der Waals surface area contributed by atoms with E-state index in [0.29, 0.717) is 18.7 Å². The molecule has 1 N–H and O–H groups in total. The molecule has 2 aromatic rings. The van der Waals surface area contributed by atoms with Crippen molar-refractivity contribution < 1.29 is 23.8 Å². The van der Waals surface area contributed by atoms with Gasteiger partial charge in [-0.25, -0.2) is 0 Å². The molecule has 1 amide bonds. The van der Waals surface area contributed by atoms with Gasteiger partial charge in [0.15, 0.2) is 5.76 Å². The first-order valence-electron chi connectivity index (χ1n) is 7.26. The van der Waals surface area contributed by atoms with E-state index in [0.717, 1.165) is 15.4 Å². The lowest BCUT2D eigenvalue weighted by Gasteiger charge is -2.34. The quantitative estimate of drug-likeness (QED) is 0.883. The fraction of sp³-hybridized carbons (Fsp3) is 0.375. The van der Waals surface area contributed by atoms with Crippen LogP contribution in [0.1, 0.15) is 22.5 Å². The molecule has 1 aliphatic heterocycles. The molecule has 6 nitrogen and oxygen atoms in total. The van der Waals surface area contributed by atoms with Gasteiger partial charge in [-0.05, 0) is 25.1 Å². The number of ether oxygens (including phenoxy) is 1. The van der Waals surface area contributed by atoms with Crippen LogP contribution in [0.5, 0.6) is 0 Å². The van der Waals surface area contributed by atoms with E-state index < -0.39 is 12.0 Å². The van der Waals surface area contributed by atoms with Gasteiger partial charge in [-0.3, -0.25) is 9.59 Å². The Morgan fingerprint density at radius 1 is 1.43 bits per heavy atom. The molecule has 1 saturated heterocycles. The van der Waals surface area contributed by atoms with Crippen molar-refractivity contribution >= 4 is 38.8 Å². The van der Waals surface area contributed by atoms with E-state index in [1.54, 1.807) is 6.07 Å². The van der Waals surface area contributed by atoms with E-state index in [4.69, 9.17) is 14.3 Å². The molecule has 3 rings (SSSR count). The van der Waals surface area contributed by atoms with Gasteiger partial charge in [0.1, 0.15) is 5.58 Å². The second-order valence-corrected chi connectivity index (χ2v) is 6.44. The van der Waals surface area contributed by atoms with Crippen LogP contribution in [-0.2, 0) is 9.53 Å². The summed E-state index contributed by atoms with van der Waals surface area (Å²) in [6, 6.07) is 5.07. The van der Waals surface area contributed by atoms with Crippen LogP contribution in [-0.4, -0.2) is 47.7 Å². The minimum absolute atomic E-state index is 0.142. The molecule has 1 atom stereocenters. The van der Waals surface area contributed by atoms with Gasteiger partial charge in [0, 0.05) is 22.0 Å². The maximum Gasteiger partial charge on any atom is 0.305 e. The molecular weight excluding hydrogens is 366 g/mol. The highest BCUT2D eigenvalue weighted by molar-refractivity contribution is 9.10. The molecule has 0 aliphatic carbocycles. The second-order valence-electron chi connectivity index (χ2n) is 5.52. The molecule has 23 heavy (non-hydrogen) atoms. The van der Waals surface area contributed by atoms with Crippen molar-refractivity contribution in [2.75, 3.05) is 19.8 Å². The Balaban J connectivity index is 1.95. The molecule has 1 aromatic carbocycles. The summed E-state index contributed by atoms with van der Waals surface area (Å²) < 4.78 is 11.9. The van der Waals surface area contributed by atoms with Crippen molar-refractivity contribution in [3.63, 3.8) is 0 Å². The first-order valence-corrected chi connectivity index (χ1v) is 8.06. The van der Waals surface area contributed by atoms with Crippen molar-refractivity contribution in [3.05, 3.63) is 34.0 Å². The van der Waals surface area contributed by atoms with Crippen LogP contribution < -0.4 is 0 Å². The number of nitrogens with zero attached hydrogens (tertiary/aromatic N) is 1. The summed E-state index contributed by atoms with van der Waals surface area (Å²) in [5, 5.41) is 9.88. The minimum atomic E-state index is -0.955. The van der Waals surface area contributed by atoms with E-state index in [9.17, 15) is 9.59 Å². The molecule has 122 valence electrons. The molecule has 0 spiro atoms. The summed E-state index contributed by atoms with van der Waals surface area (Å²) in [6.07, 6.45) is -0.142. The molecule has 7 heteroatoms. The Morgan fingerprint density at radius 3 is 2.96 bits per heavy atom. The van der Waals surface area contributed by atoms with Crippen molar-refractivity contribution in [2.45, 2.75) is 19.4 Å². The highest BCUT2D eigenvalue weighted by Gasteiger charge is 2.32. The van der Waals surface area contributed by atoms with Crippen LogP contribution >= 0.6 is 15.9 Å². The number of hydrogen-bond donors (Lipinski definition) is 1. The van der Waals surface area contributed by atoms with Gasteiger partial charge >= 0.3 is 5.97 Å². The highest BCUT2D eigenvalue weighted by atomic mass is 79.9. The monoisotopic (exact) mass is 381 g/mol. The SMILES string of the molecule is Cc1c(C(=O)N2CCOCC2CC(=O)O)oc2ccc(Br)cc12. The molecule has 1 aliphatic rings. The Hall–Kier alpha value is -1.86. The number of benzene rings is 1. The van der Waals surface area contributed by atoms with E-state index >= 15 is 0 Å². The lowest BCUT2D eigenvalue weighted by atomic mass is 10.1. The number of aryl methyl sites for hydroxylation is 1. The first kappa shape index (κ1) is 16.0. The number of fused-ring (bicyclic) bond motifs is 1. The average Bonchev–Trinajstić information content (AvgIpc) is 2.83. The summed E-state index contributed by atoms with van der Waals surface area (Å²) in [5.74, 6) is -0.983. The minimum Gasteiger partial charge on any atom is -0.481 e. The third kappa shape index (κ3) is 3.11. The number of halogens is 1. The third-order valence-corrected chi connectivity index (χ3v) is 4.48. The fourth-order valence-electron chi connectivity index (χ4n) is 2.82. The van der Waals surface area contributed by atoms with Crippen molar-refractivity contribution in [3.8, 4) is 0 Å². The number of hydrogen-bond acceptors (Lipinski definition) is 4. The summed E-state index contributed by atoms with van der Waals surface area (Å²) in [5.41, 5.74) is 1.39. The predicted octanol–water partition coefficient (Wildman–Crippen LogP) is 2.82. The number of carbonyl (C=O) groups is 2. The zero-order valence-electron chi connectivity index (χ0n) is 12.5. The van der Waals surface area contributed by atoms with E-state index in [1.807, 2.05) is 19.1 Å². The van der Waals surface area contributed by atoms with Gasteiger partial charge in [-0.2, -0.15) is 0 Å². The second kappa shape index (κ2) is 6.33. The number of aliphatic carboxylic acids is 1. The smallest absolute Gasteiger partial charge is 0.305 e. The van der Waals surface area contributed by atoms with Gasteiger partial charge in [-0.15, -0.1) is 0 Å². The van der Waals surface area contributed by atoms with Crippen molar-refractivity contribution in [2.24, 2.45) is 0 Å². The highest BCUT2D eigenvalue weighted by Crippen LogP contribution is 2.29. The largest absolute Gasteiger partial charge is 0.481 e. The number of carbonyl (C=O) groups excluding carboxylic acids is 1. The van der Waals surface area contributed by atoms with E-state index in [1.165, 1.54) is 4.90 Å². The van der Waals surface area contributed by atoms with Crippen molar-refractivity contribution in [1.82, 2.24) is 4.90 Å². The summed E-state index contributed by atoms with van der Waals surface area (Å²) in [7, 11) is 0. The van der Waals surface area contributed by atoms with Gasteiger partial charge < -0.3 is 19.2 Å². The van der Waals surface area contributed by atoms with Crippen molar-refractivity contribution in [1.29, 1.82) is 0 Å². The third-order valence-electron chi connectivity index (χ3n) is 3.99. The molecule has 0 radical (unpaired) electrons. The summed E-state index contributed by atoms with van der Waals surface area (Å²) >= 11 is 3.41. The summed E-state index contributed by atoms with van der Waals surface area (Å²) in [4.78, 5) is 25.4. The van der Waals surface area contributed by atoms with Gasteiger partial charge in [0.2, 0.25) is 0 Å². The Morgan fingerprint density at radius 2 is 2.22 bits per heavy atom. The normalized spacial score (nSPS) is 18.3. The van der Waals surface area contributed by atoms with Gasteiger partial charge in [-0.1, -0.05) is 15.9 Å². The molecule has 1 fully saturated rings. The number of morpholine rings is 1. The number of carboxylic acids is 1. The maximum absolute atomic E-state index is 12.8. The Kier molecular flexibility index (Phi) is 4.41. The van der Waals surface area contributed by atoms with E-state index in [-0.39, 0.29) is 24.7 Å². The van der Waals surface area contributed by atoms with E-state index in [2.05, 4.69) is 15.9 Å². The number of carboxylic acid groups (broad SMARTS) is 1. The average molecular weight is 382 g/mol. The molecule has 0 bridgehead atoms. The van der Waals surface area contributed by atoms with Crippen LogP contribution in [0.25, 0.3) is 11.0 Å². The molecule has 0 saturated carbocycles. The maximum atomic E-state index is 12.8. The fourth-order valence-corrected chi connectivity index (χ4v) is 3.18. The van der Waals surface area contributed by atoms with Crippen LogP contribution in [0.2, 0.25) is 0 Å². The molecule has 2 heterocycles. The first-order chi connectivity index (χ1) is 11.0. The van der Waals surface area contributed by atoms with Gasteiger partial charge in [0.25, 0.3) is 5.91 Å². The topological polar surface area (TPSA) is 80.0 Å². The molecule has 1 unspecified atom stereocenters. The lowest BCUT2D eigenvalue weighted by Crippen LogP contribution is -2.49. The van der Waals surface area contributed by atoms with Crippen LogP contribution in [0.4, 0.5) is 0 Å². The van der Waals surface area contributed by atoms with Crippen LogP contribution in [0.15, 0.2) is 27.1 Å². The zero-order chi connectivity index (χ0) is 16.6. The standard InChI is InChI=1S/C16H16BrNO5/c1-9-12-6-10(17)2-3-13(12)23-15(9)16(21)18-4-5-22-8-11(18)7-14(19)20/h2-3,6,11H,4-5,7-8H2,1H3,(H,19,20). The van der Waals surface area contributed by atoms with Gasteiger partial charge in [0.05, 0.1) is 25.7 Å². The number of rotatable bonds is 3. The van der Waals surface area contributed by atoms with Crippen LogP contribution in [0, 0.1) is 6.92 Å². The predicted molar refractivity (Wildman–Crippen MR) is 86.5 cm³/mol. The number of amides is 1. The Bertz CT molecular complexity index is 769. The number of furan rings is 1. The Labute approximate surface area is 141 Å². The molecule has 1 aromatic heterocycles.